The van der Waals surface area contributed by atoms with Gasteiger partial charge in [0.15, 0.2) is 0 Å². The third kappa shape index (κ3) is 4.26. The maximum atomic E-state index is 12.3. The van der Waals surface area contributed by atoms with E-state index in [1.165, 1.54) is 0 Å². The van der Waals surface area contributed by atoms with Crippen LogP contribution in [0.4, 0.5) is 0 Å². The third-order valence-corrected chi connectivity index (χ3v) is 3.65. The number of alkyl halides is 1. The first-order valence-electron chi connectivity index (χ1n) is 5.70. The van der Waals surface area contributed by atoms with Crippen molar-refractivity contribution in [3.05, 3.63) is 33.8 Å². The molecule has 1 aromatic carbocycles. The monoisotopic (exact) mass is 333 g/mol. The Labute approximate surface area is 121 Å². The van der Waals surface area contributed by atoms with Crippen LogP contribution < -0.4 is 0 Å². The van der Waals surface area contributed by atoms with E-state index in [-0.39, 0.29) is 5.91 Å². The summed E-state index contributed by atoms with van der Waals surface area (Å²) in [5.41, 5.74) is 1.76. The third-order valence-electron chi connectivity index (χ3n) is 2.63. The molecule has 0 aliphatic carbocycles. The molecule has 5 heteroatoms. The molecule has 100 valence electrons. The van der Waals surface area contributed by atoms with Gasteiger partial charge in [-0.05, 0) is 24.6 Å². The first-order chi connectivity index (χ1) is 8.60. The molecule has 1 amide bonds. The Morgan fingerprint density at radius 2 is 2.17 bits per heavy atom. The van der Waals surface area contributed by atoms with E-state index in [0.29, 0.717) is 31.1 Å². The van der Waals surface area contributed by atoms with Gasteiger partial charge in [-0.2, -0.15) is 0 Å². The van der Waals surface area contributed by atoms with Crippen LogP contribution in [0.15, 0.2) is 22.7 Å². The van der Waals surface area contributed by atoms with Crippen LogP contribution in [0.25, 0.3) is 0 Å². The Balaban J connectivity index is 2.83. The molecular weight excluding hydrogens is 318 g/mol. The number of hydrogen-bond donors (Lipinski definition) is 0. The highest BCUT2D eigenvalue weighted by Gasteiger charge is 2.15. The lowest BCUT2D eigenvalue weighted by atomic mass is 10.1. The number of ether oxygens (including phenoxy) is 1. The first-order valence-corrected chi connectivity index (χ1v) is 7.03. The number of rotatable bonds is 6. The summed E-state index contributed by atoms with van der Waals surface area (Å²) in [4.78, 5) is 14.0. The standard InChI is InChI=1S/C13H17BrClNO2/c1-10-3-4-11(9-12(10)14)13(17)16(6-5-15)7-8-18-2/h3-4,9H,5-8H2,1-2H3. The molecule has 1 aromatic rings. The lowest BCUT2D eigenvalue weighted by Gasteiger charge is -2.21. The van der Waals surface area contributed by atoms with Crippen LogP contribution in [0.3, 0.4) is 0 Å². The van der Waals surface area contributed by atoms with E-state index in [0.717, 1.165) is 10.0 Å². The predicted octanol–water partition coefficient (Wildman–Crippen LogP) is 3.08. The Kier molecular flexibility index (Phi) is 6.68. The van der Waals surface area contributed by atoms with E-state index < -0.39 is 0 Å². The van der Waals surface area contributed by atoms with Crippen LogP contribution in [0.1, 0.15) is 15.9 Å². The Hall–Kier alpha value is -0.580. The van der Waals surface area contributed by atoms with Crippen molar-refractivity contribution in [2.45, 2.75) is 6.92 Å². The summed E-state index contributed by atoms with van der Waals surface area (Å²) in [6.07, 6.45) is 0. The van der Waals surface area contributed by atoms with Crippen molar-refractivity contribution in [1.82, 2.24) is 4.90 Å². The summed E-state index contributed by atoms with van der Waals surface area (Å²) >= 11 is 9.15. The van der Waals surface area contributed by atoms with E-state index >= 15 is 0 Å². The molecule has 0 heterocycles. The molecular formula is C13H17BrClNO2. The summed E-state index contributed by atoms with van der Waals surface area (Å²) in [7, 11) is 1.62. The van der Waals surface area contributed by atoms with Crippen molar-refractivity contribution in [3.8, 4) is 0 Å². The zero-order valence-corrected chi connectivity index (χ0v) is 12.9. The molecule has 3 nitrogen and oxygen atoms in total. The molecule has 0 N–H and O–H groups in total. The average Bonchev–Trinajstić information content (AvgIpc) is 2.37. The van der Waals surface area contributed by atoms with Gasteiger partial charge < -0.3 is 9.64 Å². The molecule has 0 spiro atoms. The van der Waals surface area contributed by atoms with Crippen molar-refractivity contribution >= 4 is 33.4 Å². The van der Waals surface area contributed by atoms with E-state index in [9.17, 15) is 4.79 Å². The van der Waals surface area contributed by atoms with Crippen molar-refractivity contribution < 1.29 is 9.53 Å². The molecule has 0 atom stereocenters. The van der Waals surface area contributed by atoms with Gasteiger partial charge in [-0.3, -0.25) is 4.79 Å². The minimum atomic E-state index is -0.0200. The number of halogens is 2. The molecule has 18 heavy (non-hydrogen) atoms. The van der Waals surface area contributed by atoms with E-state index in [1.807, 2.05) is 25.1 Å². The molecule has 0 saturated carbocycles. The molecule has 1 rings (SSSR count). The van der Waals surface area contributed by atoms with Crippen molar-refractivity contribution in [3.63, 3.8) is 0 Å². The summed E-state index contributed by atoms with van der Waals surface area (Å²) in [6.45, 7) is 3.57. The summed E-state index contributed by atoms with van der Waals surface area (Å²) in [5, 5.41) is 0. The quantitative estimate of drug-likeness (QED) is 0.748. The Morgan fingerprint density at radius 3 is 2.72 bits per heavy atom. The van der Waals surface area contributed by atoms with E-state index in [4.69, 9.17) is 16.3 Å². The minimum Gasteiger partial charge on any atom is -0.383 e. The number of aryl methyl sites for hydroxylation is 1. The van der Waals surface area contributed by atoms with Gasteiger partial charge >= 0.3 is 0 Å². The normalized spacial score (nSPS) is 10.4. The number of nitrogens with zero attached hydrogens (tertiary/aromatic N) is 1. The zero-order chi connectivity index (χ0) is 13.5. The van der Waals surface area contributed by atoms with Gasteiger partial charge in [-0.15, -0.1) is 11.6 Å². The number of benzene rings is 1. The highest BCUT2D eigenvalue weighted by Crippen LogP contribution is 2.18. The SMILES string of the molecule is COCCN(CCCl)C(=O)c1ccc(C)c(Br)c1. The lowest BCUT2D eigenvalue weighted by Crippen LogP contribution is -2.35. The van der Waals surface area contributed by atoms with Crippen LogP contribution in [0, 0.1) is 6.92 Å². The fourth-order valence-corrected chi connectivity index (χ4v) is 2.11. The van der Waals surface area contributed by atoms with Gasteiger partial charge in [0.25, 0.3) is 5.91 Å². The Morgan fingerprint density at radius 1 is 1.44 bits per heavy atom. The molecule has 0 aromatic heterocycles. The van der Waals surface area contributed by atoms with Gasteiger partial charge in [-0.25, -0.2) is 0 Å². The molecule has 0 saturated heterocycles. The van der Waals surface area contributed by atoms with Gasteiger partial charge in [0.05, 0.1) is 6.61 Å². The largest absolute Gasteiger partial charge is 0.383 e. The topological polar surface area (TPSA) is 29.5 Å². The predicted molar refractivity (Wildman–Crippen MR) is 77.4 cm³/mol. The van der Waals surface area contributed by atoms with Crippen molar-refractivity contribution in [2.24, 2.45) is 0 Å². The average molecular weight is 335 g/mol. The molecule has 0 bridgehead atoms. The van der Waals surface area contributed by atoms with Crippen molar-refractivity contribution in [1.29, 1.82) is 0 Å². The highest BCUT2D eigenvalue weighted by atomic mass is 79.9. The van der Waals surface area contributed by atoms with Gasteiger partial charge in [0.1, 0.15) is 0 Å². The lowest BCUT2D eigenvalue weighted by molar-refractivity contribution is 0.0707. The fourth-order valence-electron chi connectivity index (χ4n) is 1.53. The van der Waals surface area contributed by atoms with Gasteiger partial charge in [-0.1, -0.05) is 22.0 Å². The van der Waals surface area contributed by atoms with Gasteiger partial charge in [0, 0.05) is 36.1 Å². The van der Waals surface area contributed by atoms with Crippen LogP contribution >= 0.6 is 27.5 Å². The summed E-state index contributed by atoms with van der Waals surface area (Å²) < 4.78 is 5.94. The maximum Gasteiger partial charge on any atom is 0.254 e. The molecule has 0 aliphatic heterocycles. The van der Waals surface area contributed by atoms with Crippen LogP contribution in [-0.4, -0.2) is 43.5 Å². The van der Waals surface area contributed by atoms with Crippen LogP contribution in [0.2, 0.25) is 0 Å². The van der Waals surface area contributed by atoms with Gasteiger partial charge in [0.2, 0.25) is 0 Å². The number of methoxy groups -OCH3 is 1. The number of amides is 1. The summed E-state index contributed by atoms with van der Waals surface area (Å²) in [6, 6.07) is 5.59. The number of hydrogen-bond acceptors (Lipinski definition) is 2. The van der Waals surface area contributed by atoms with E-state index in [1.54, 1.807) is 12.0 Å². The maximum absolute atomic E-state index is 12.3. The zero-order valence-electron chi connectivity index (χ0n) is 10.6. The molecule has 0 unspecified atom stereocenters. The molecule has 0 radical (unpaired) electrons. The van der Waals surface area contributed by atoms with Crippen molar-refractivity contribution in [2.75, 3.05) is 32.7 Å². The molecule has 0 fully saturated rings. The first kappa shape index (κ1) is 15.5. The minimum absolute atomic E-state index is 0.0200. The second kappa shape index (κ2) is 7.77. The number of carbonyl (C=O) groups excluding carboxylic acids is 1. The fraction of sp³-hybridized carbons (Fsp3) is 0.462. The smallest absolute Gasteiger partial charge is 0.254 e. The Bertz CT molecular complexity index is 412. The van der Waals surface area contributed by atoms with Crippen LogP contribution in [-0.2, 0) is 4.74 Å². The highest BCUT2D eigenvalue weighted by molar-refractivity contribution is 9.10. The van der Waals surface area contributed by atoms with Crippen LogP contribution in [0.5, 0.6) is 0 Å². The number of carbonyl (C=O) groups is 1. The second-order valence-electron chi connectivity index (χ2n) is 3.94. The summed E-state index contributed by atoms with van der Waals surface area (Å²) in [5.74, 6) is 0.399. The molecule has 0 aliphatic rings. The van der Waals surface area contributed by atoms with E-state index in [2.05, 4.69) is 15.9 Å². The second-order valence-corrected chi connectivity index (χ2v) is 5.17.